The highest BCUT2D eigenvalue weighted by atomic mass is 32.2. The highest BCUT2D eigenvalue weighted by Crippen LogP contribution is 2.25. The Hall–Kier alpha value is -2.27. The molecule has 0 unspecified atom stereocenters. The number of phenolic OH excluding ortho intramolecular Hbond substituents is 1. The second kappa shape index (κ2) is 6.01. The Morgan fingerprint density at radius 3 is 2.29 bits per heavy atom. The molecule has 4 nitrogen and oxygen atoms in total. The van der Waals surface area contributed by atoms with E-state index in [1.54, 1.807) is 12.1 Å². The van der Waals surface area contributed by atoms with Crippen molar-refractivity contribution < 1.29 is 13.5 Å². The lowest BCUT2D eigenvalue weighted by Crippen LogP contribution is -2.09. The van der Waals surface area contributed by atoms with E-state index >= 15 is 0 Å². The molecule has 0 aliphatic carbocycles. The molecule has 0 radical (unpaired) electrons. The third-order valence-corrected chi connectivity index (χ3v) is 3.92. The van der Waals surface area contributed by atoms with Crippen molar-refractivity contribution in [1.82, 2.24) is 0 Å². The largest absolute Gasteiger partial charge is 0.506 e. The summed E-state index contributed by atoms with van der Waals surface area (Å²) in [5.41, 5.74) is 2.92. The van der Waals surface area contributed by atoms with Crippen molar-refractivity contribution in [2.24, 2.45) is 0 Å². The van der Waals surface area contributed by atoms with Gasteiger partial charge >= 0.3 is 0 Å². The molecule has 0 aliphatic rings. The summed E-state index contributed by atoms with van der Waals surface area (Å²) >= 11 is 0. The van der Waals surface area contributed by atoms with E-state index in [0.717, 1.165) is 22.1 Å². The van der Waals surface area contributed by atoms with Gasteiger partial charge in [0.05, 0.1) is 11.1 Å². The molecule has 0 amide bonds. The van der Waals surface area contributed by atoms with Gasteiger partial charge in [-0.25, -0.2) is 8.42 Å². The minimum absolute atomic E-state index is 0.104. The molecule has 110 valence electrons. The van der Waals surface area contributed by atoms with Gasteiger partial charge < -0.3 is 5.11 Å². The predicted molar refractivity (Wildman–Crippen MR) is 85.6 cm³/mol. The summed E-state index contributed by atoms with van der Waals surface area (Å²) in [4.78, 5) is 0. The van der Waals surface area contributed by atoms with Crippen molar-refractivity contribution in [3.63, 3.8) is 0 Å². The summed E-state index contributed by atoms with van der Waals surface area (Å²) in [6.45, 7) is 3.78. The van der Waals surface area contributed by atoms with E-state index in [9.17, 15) is 13.5 Å². The lowest BCUT2D eigenvalue weighted by molar-refractivity contribution is 0.477. The summed E-state index contributed by atoms with van der Waals surface area (Å²) in [6.07, 6.45) is 1.51. The first-order valence-corrected chi connectivity index (χ1v) is 7.97. The fraction of sp³-hybridized carbons (Fsp3) is 0.125. The Balaban J connectivity index is 2.18. The number of sulfonamides is 1. The molecule has 0 aromatic heterocycles. The normalized spacial score (nSPS) is 11.7. The number of rotatable bonds is 4. The van der Waals surface area contributed by atoms with Crippen LogP contribution >= 0.6 is 0 Å². The quantitative estimate of drug-likeness (QED) is 0.850. The summed E-state index contributed by atoms with van der Waals surface area (Å²) in [6, 6.07) is 12.2. The topological polar surface area (TPSA) is 66.4 Å². The van der Waals surface area contributed by atoms with Crippen molar-refractivity contribution >= 4 is 21.8 Å². The van der Waals surface area contributed by atoms with E-state index in [-0.39, 0.29) is 11.4 Å². The number of phenols is 1. The molecular formula is C16H17NO3S. The van der Waals surface area contributed by atoms with E-state index in [2.05, 4.69) is 4.72 Å². The first kappa shape index (κ1) is 15.1. The number of hydrogen-bond donors (Lipinski definition) is 2. The zero-order chi connectivity index (χ0) is 15.5. The number of aromatic hydroxyl groups is 1. The van der Waals surface area contributed by atoms with Gasteiger partial charge in [-0.05, 0) is 43.2 Å². The first-order valence-electron chi connectivity index (χ1n) is 6.43. The van der Waals surface area contributed by atoms with Crippen LogP contribution in [0.5, 0.6) is 5.75 Å². The van der Waals surface area contributed by atoms with Crippen LogP contribution in [-0.4, -0.2) is 13.5 Å². The molecule has 2 N–H and O–H groups in total. The molecule has 2 aromatic rings. The second-order valence-corrected chi connectivity index (χ2v) is 6.45. The first-order chi connectivity index (χ1) is 9.85. The molecule has 21 heavy (non-hydrogen) atoms. The molecule has 0 bridgehead atoms. The molecule has 0 spiro atoms. The van der Waals surface area contributed by atoms with Crippen molar-refractivity contribution in [3.05, 3.63) is 64.6 Å². The molecule has 0 saturated heterocycles. The van der Waals surface area contributed by atoms with Crippen molar-refractivity contribution in [1.29, 1.82) is 0 Å². The van der Waals surface area contributed by atoms with Gasteiger partial charge in [0.2, 0.25) is 0 Å². The van der Waals surface area contributed by atoms with Crippen molar-refractivity contribution in [2.75, 3.05) is 4.72 Å². The maximum absolute atomic E-state index is 12.0. The van der Waals surface area contributed by atoms with Crippen LogP contribution in [0.3, 0.4) is 0 Å². The maximum Gasteiger partial charge on any atom is 0.255 e. The van der Waals surface area contributed by atoms with Crippen LogP contribution in [0.1, 0.15) is 16.7 Å². The van der Waals surface area contributed by atoms with Gasteiger partial charge in [-0.15, -0.1) is 0 Å². The molecule has 0 saturated carbocycles. The highest BCUT2D eigenvalue weighted by Gasteiger charge is 2.09. The van der Waals surface area contributed by atoms with Crippen LogP contribution in [0.25, 0.3) is 6.08 Å². The van der Waals surface area contributed by atoms with Crippen LogP contribution in [0, 0.1) is 13.8 Å². The van der Waals surface area contributed by atoms with Crippen LogP contribution < -0.4 is 4.72 Å². The summed E-state index contributed by atoms with van der Waals surface area (Å²) in [5.74, 6) is -0.104. The number of anilines is 1. The summed E-state index contributed by atoms with van der Waals surface area (Å²) < 4.78 is 26.3. The Bertz CT molecular complexity index is 763. The Labute approximate surface area is 124 Å². The minimum atomic E-state index is -3.67. The van der Waals surface area contributed by atoms with Crippen LogP contribution in [0.2, 0.25) is 0 Å². The molecular weight excluding hydrogens is 286 g/mol. The molecule has 2 rings (SSSR count). The molecule has 0 aliphatic heterocycles. The monoisotopic (exact) mass is 303 g/mol. The molecule has 5 heteroatoms. The third-order valence-electron chi connectivity index (χ3n) is 2.92. The maximum atomic E-state index is 12.0. The van der Waals surface area contributed by atoms with Crippen LogP contribution in [-0.2, 0) is 10.0 Å². The predicted octanol–water partition coefficient (Wildman–Crippen LogP) is 3.42. The Morgan fingerprint density at radius 1 is 1.00 bits per heavy atom. The minimum Gasteiger partial charge on any atom is -0.506 e. The smallest absolute Gasteiger partial charge is 0.255 e. The van der Waals surface area contributed by atoms with Crippen LogP contribution in [0.4, 0.5) is 5.69 Å². The van der Waals surface area contributed by atoms with Crippen molar-refractivity contribution in [3.8, 4) is 5.75 Å². The average molecular weight is 303 g/mol. The second-order valence-electron chi connectivity index (χ2n) is 4.88. The lowest BCUT2D eigenvalue weighted by Gasteiger charge is -2.07. The van der Waals surface area contributed by atoms with E-state index in [0.29, 0.717) is 0 Å². The van der Waals surface area contributed by atoms with E-state index in [4.69, 9.17) is 0 Å². The van der Waals surface area contributed by atoms with E-state index < -0.39 is 10.0 Å². The zero-order valence-corrected chi connectivity index (χ0v) is 12.7. The number of hydrogen-bond acceptors (Lipinski definition) is 3. The number of aryl methyl sites for hydroxylation is 2. The Morgan fingerprint density at radius 2 is 1.62 bits per heavy atom. The SMILES string of the molecule is Cc1ccc(/C=C/S(=O)(=O)Nc2cc(C)ccc2O)cc1. The van der Waals surface area contributed by atoms with E-state index in [1.807, 2.05) is 38.1 Å². The lowest BCUT2D eigenvalue weighted by atomic mass is 10.2. The number of benzene rings is 2. The van der Waals surface area contributed by atoms with Gasteiger partial charge in [0.15, 0.2) is 0 Å². The van der Waals surface area contributed by atoms with Crippen molar-refractivity contribution in [2.45, 2.75) is 13.8 Å². The molecule has 2 aromatic carbocycles. The highest BCUT2D eigenvalue weighted by molar-refractivity contribution is 7.95. The fourth-order valence-electron chi connectivity index (χ4n) is 1.76. The summed E-state index contributed by atoms with van der Waals surface area (Å²) in [7, 11) is -3.67. The van der Waals surface area contributed by atoms with Gasteiger partial charge in [0.25, 0.3) is 10.0 Å². The number of nitrogens with one attached hydrogen (secondary N) is 1. The van der Waals surface area contributed by atoms with E-state index in [1.165, 1.54) is 12.1 Å². The average Bonchev–Trinajstić information content (AvgIpc) is 2.42. The summed E-state index contributed by atoms with van der Waals surface area (Å²) in [5, 5.41) is 10.7. The standard InChI is InChI=1S/C16H17NO3S/c1-12-3-6-14(7-4-12)9-10-21(19,20)17-15-11-13(2)5-8-16(15)18/h3-11,17-18H,1-2H3/b10-9+. The Kier molecular flexibility index (Phi) is 4.33. The van der Waals surface area contributed by atoms with Crippen LogP contribution in [0.15, 0.2) is 47.9 Å². The van der Waals surface area contributed by atoms with Gasteiger partial charge in [0, 0.05) is 0 Å². The molecule has 0 heterocycles. The molecule has 0 fully saturated rings. The zero-order valence-electron chi connectivity index (χ0n) is 11.9. The third kappa shape index (κ3) is 4.36. The van der Waals surface area contributed by atoms with Gasteiger partial charge in [-0.3, -0.25) is 4.72 Å². The van der Waals surface area contributed by atoms with Gasteiger partial charge in [-0.2, -0.15) is 0 Å². The van der Waals surface area contributed by atoms with Gasteiger partial charge in [-0.1, -0.05) is 35.9 Å². The molecule has 0 atom stereocenters. The van der Waals surface area contributed by atoms with Gasteiger partial charge in [0.1, 0.15) is 5.75 Å². The fourth-order valence-corrected chi connectivity index (χ4v) is 2.64.